The number of carbonyl (C=O) groups excluding carboxylic acids is 2. The van der Waals surface area contributed by atoms with E-state index in [1.807, 2.05) is 0 Å². The predicted molar refractivity (Wildman–Crippen MR) is 57.3 cm³/mol. The highest BCUT2D eigenvalue weighted by atomic mass is 16.7. The van der Waals surface area contributed by atoms with Gasteiger partial charge in [-0.1, -0.05) is 13.2 Å². The Hall–Kier alpha value is -1.62. The highest BCUT2D eigenvalue weighted by Crippen LogP contribution is 2.15. The smallest absolute Gasteiger partial charge is 0.336 e. The van der Waals surface area contributed by atoms with Gasteiger partial charge >= 0.3 is 11.9 Å². The summed E-state index contributed by atoms with van der Waals surface area (Å²) >= 11 is 0. The number of esters is 2. The Labute approximate surface area is 94.4 Å². The van der Waals surface area contributed by atoms with Gasteiger partial charge in [-0.15, -0.1) is 0 Å². The molecule has 0 spiro atoms. The Morgan fingerprint density at radius 1 is 1.12 bits per heavy atom. The lowest BCUT2D eigenvalue weighted by molar-refractivity contribution is -0.228. The molecule has 0 amide bonds. The molecule has 0 unspecified atom stereocenters. The molecule has 0 saturated heterocycles. The van der Waals surface area contributed by atoms with Gasteiger partial charge in [0.1, 0.15) is 6.61 Å². The number of carbonyl (C=O) groups is 2. The summed E-state index contributed by atoms with van der Waals surface area (Å²) in [7, 11) is 0. The lowest BCUT2D eigenvalue weighted by Gasteiger charge is -2.27. The molecular weight excluding hydrogens is 212 g/mol. The monoisotopic (exact) mass is 228 g/mol. The number of hydrogen-bond donors (Lipinski definition) is 1. The maximum atomic E-state index is 11.2. The van der Waals surface area contributed by atoms with E-state index in [9.17, 15) is 9.59 Å². The molecule has 5 nitrogen and oxygen atoms in total. The van der Waals surface area contributed by atoms with Crippen LogP contribution in [0.2, 0.25) is 0 Å². The van der Waals surface area contributed by atoms with Crippen LogP contribution in [0, 0.1) is 0 Å². The van der Waals surface area contributed by atoms with E-state index in [1.54, 1.807) is 0 Å². The lowest BCUT2D eigenvalue weighted by Crippen LogP contribution is -2.41. The maximum Gasteiger partial charge on any atom is 0.336 e. The van der Waals surface area contributed by atoms with E-state index in [2.05, 4.69) is 13.2 Å². The van der Waals surface area contributed by atoms with Crippen molar-refractivity contribution in [1.82, 2.24) is 0 Å². The lowest BCUT2D eigenvalue weighted by atomic mass is 10.3. The van der Waals surface area contributed by atoms with Crippen LogP contribution in [0.15, 0.2) is 24.3 Å². The summed E-state index contributed by atoms with van der Waals surface area (Å²) in [5.74, 6) is -3.20. The first-order valence-electron chi connectivity index (χ1n) is 4.60. The zero-order valence-corrected chi connectivity index (χ0v) is 9.70. The fourth-order valence-electron chi connectivity index (χ4n) is 0.652. The van der Waals surface area contributed by atoms with Crippen LogP contribution in [0.4, 0.5) is 0 Å². The molecule has 0 aliphatic rings. The summed E-state index contributed by atoms with van der Waals surface area (Å²) in [5, 5.41) is 9.03. The molecule has 0 aromatic heterocycles. The van der Waals surface area contributed by atoms with Crippen molar-refractivity contribution in [3.05, 3.63) is 24.3 Å². The molecule has 0 heterocycles. The minimum absolute atomic E-state index is 0.144. The molecule has 1 N–H and O–H groups in total. The summed E-state index contributed by atoms with van der Waals surface area (Å²) in [6.07, 6.45) is 0. The molecular formula is C11H16O5. The van der Waals surface area contributed by atoms with Crippen molar-refractivity contribution >= 4 is 11.9 Å². The summed E-state index contributed by atoms with van der Waals surface area (Å²) in [5.41, 5.74) is 0.289. The summed E-state index contributed by atoms with van der Waals surface area (Å²) < 4.78 is 9.59. The number of hydrogen-bond acceptors (Lipinski definition) is 5. The highest BCUT2D eigenvalue weighted by molar-refractivity contribution is 5.89. The maximum absolute atomic E-state index is 11.2. The van der Waals surface area contributed by atoms with Gasteiger partial charge < -0.3 is 14.6 Å². The first-order chi connectivity index (χ1) is 7.22. The van der Waals surface area contributed by atoms with E-state index in [-0.39, 0.29) is 11.1 Å². The van der Waals surface area contributed by atoms with E-state index in [0.717, 1.165) is 0 Å². The van der Waals surface area contributed by atoms with Crippen LogP contribution < -0.4 is 0 Å². The van der Waals surface area contributed by atoms with Crippen molar-refractivity contribution < 1.29 is 24.2 Å². The molecule has 0 saturated carbocycles. The number of aliphatic hydroxyl groups is 1. The van der Waals surface area contributed by atoms with Gasteiger partial charge in [-0.25, -0.2) is 9.59 Å². The molecule has 0 aliphatic heterocycles. The summed E-state index contributed by atoms with van der Waals surface area (Å²) in [4.78, 5) is 22.4. The summed E-state index contributed by atoms with van der Waals surface area (Å²) in [6.45, 7) is 10.3. The molecule has 0 radical (unpaired) electrons. The van der Waals surface area contributed by atoms with E-state index in [4.69, 9.17) is 14.6 Å². The Morgan fingerprint density at radius 2 is 1.44 bits per heavy atom. The minimum atomic E-state index is -1.72. The molecule has 90 valence electrons. The standard InChI is InChI=1S/C11H16O5/c1-7(2)9(13)15-11(5,6-12)16-10(14)8(3)4/h12H,1,3,6H2,2,4-5H3. The van der Waals surface area contributed by atoms with Crippen LogP contribution in [-0.4, -0.2) is 29.4 Å². The van der Waals surface area contributed by atoms with E-state index < -0.39 is 24.3 Å². The molecule has 5 heteroatoms. The quantitative estimate of drug-likeness (QED) is 0.430. The first-order valence-corrected chi connectivity index (χ1v) is 4.60. The van der Waals surface area contributed by atoms with Gasteiger partial charge in [0, 0.05) is 18.1 Å². The van der Waals surface area contributed by atoms with Crippen LogP contribution in [-0.2, 0) is 19.1 Å². The molecule has 0 atom stereocenters. The van der Waals surface area contributed by atoms with E-state index in [1.165, 1.54) is 20.8 Å². The van der Waals surface area contributed by atoms with Crippen molar-refractivity contribution in [1.29, 1.82) is 0 Å². The van der Waals surface area contributed by atoms with Gasteiger partial charge in [0.25, 0.3) is 5.79 Å². The molecule has 0 fully saturated rings. The van der Waals surface area contributed by atoms with Crippen LogP contribution in [0.5, 0.6) is 0 Å². The molecule has 0 aromatic rings. The number of ether oxygens (including phenoxy) is 2. The zero-order valence-electron chi connectivity index (χ0n) is 9.70. The van der Waals surface area contributed by atoms with Gasteiger partial charge in [-0.05, 0) is 13.8 Å². The SMILES string of the molecule is C=C(C)C(=O)OC(C)(CO)OC(=O)C(=C)C. The number of rotatable bonds is 5. The van der Waals surface area contributed by atoms with Crippen molar-refractivity contribution in [2.45, 2.75) is 26.6 Å². The topological polar surface area (TPSA) is 72.8 Å². The van der Waals surface area contributed by atoms with Crippen molar-refractivity contribution in [3.63, 3.8) is 0 Å². The zero-order chi connectivity index (χ0) is 12.9. The van der Waals surface area contributed by atoms with Gasteiger partial charge in [-0.3, -0.25) is 0 Å². The van der Waals surface area contributed by atoms with Crippen molar-refractivity contribution in [3.8, 4) is 0 Å². The van der Waals surface area contributed by atoms with E-state index >= 15 is 0 Å². The molecule has 16 heavy (non-hydrogen) atoms. The van der Waals surface area contributed by atoms with Crippen LogP contribution in [0.25, 0.3) is 0 Å². The Morgan fingerprint density at radius 3 is 1.62 bits per heavy atom. The van der Waals surface area contributed by atoms with E-state index in [0.29, 0.717) is 0 Å². The second-order valence-corrected chi connectivity index (χ2v) is 3.63. The van der Waals surface area contributed by atoms with Gasteiger partial charge in [-0.2, -0.15) is 0 Å². The Balaban J connectivity index is 4.66. The third kappa shape index (κ3) is 4.27. The Bertz CT molecular complexity index is 301. The van der Waals surface area contributed by atoms with Crippen LogP contribution in [0.3, 0.4) is 0 Å². The first kappa shape index (κ1) is 14.4. The molecule has 0 aliphatic carbocycles. The summed E-state index contributed by atoms with van der Waals surface area (Å²) in [6, 6.07) is 0. The second-order valence-electron chi connectivity index (χ2n) is 3.63. The molecule has 0 aromatic carbocycles. The normalized spacial score (nSPS) is 10.5. The fraction of sp³-hybridized carbons (Fsp3) is 0.455. The molecule has 0 rings (SSSR count). The third-order valence-corrected chi connectivity index (χ3v) is 1.60. The van der Waals surface area contributed by atoms with Crippen LogP contribution >= 0.6 is 0 Å². The third-order valence-electron chi connectivity index (χ3n) is 1.60. The van der Waals surface area contributed by atoms with Gasteiger partial charge in [0.05, 0.1) is 0 Å². The Kier molecular flexibility index (Phi) is 4.91. The predicted octanol–water partition coefficient (Wildman–Crippen LogP) is 0.933. The highest BCUT2D eigenvalue weighted by Gasteiger charge is 2.32. The largest absolute Gasteiger partial charge is 0.417 e. The number of aliphatic hydroxyl groups excluding tert-OH is 1. The average molecular weight is 228 g/mol. The second kappa shape index (κ2) is 5.46. The van der Waals surface area contributed by atoms with Crippen molar-refractivity contribution in [2.24, 2.45) is 0 Å². The average Bonchev–Trinajstić information content (AvgIpc) is 2.17. The molecule has 0 bridgehead atoms. The van der Waals surface area contributed by atoms with Gasteiger partial charge in [0.2, 0.25) is 0 Å². The minimum Gasteiger partial charge on any atom is -0.417 e. The van der Waals surface area contributed by atoms with Gasteiger partial charge in [0.15, 0.2) is 0 Å². The van der Waals surface area contributed by atoms with Crippen molar-refractivity contribution in [2.75, 3.05) is 6.61 Å². The van der Waals surface area contributed by atoms with Crippen LogP contribution in [0.1, 0.15) is 20.8 Å². The fourth-order valence-corrected chi connectivity index (χ4v) is 0.652.